The van der Waals surface area contributed by atoms with Gasteiger partial charge in [-0.05, 0) is 34.1 Å². The van der Waals surface area contributed by atoms with Crippen molar-refractivity contribution >= 4 is 6.09 Å². The average molecular weight is 244 g/mol. The minimum atomic E-state index is -0.464. The normalized spacial score (nSPS) is 25.8. The first-order chi connectivity index (χ1) is 7.83. The maximum absolute atomic E-state index is 12.0. The molecule has 0 aromatic carbocycles. The Bertz CT molecular complexity index is 263. The van der Waals surface area contributed by atoms with E-state index in [0.29, 0.717) is 13.0 Å². The monoisotopic (exact) mass is 244 g/mol. The van der Waals surface area contributed by atoms with Crippen molar-refractivity contribution in [2.75, 3.05) is 19.7 Å². The SMILES string of the molecule is C[C@H]1CN[C@@H](CCO)CN1C(=O)OC(C)(C)C. The molecule has 1 heterocycles. The molecule has 1 fully saturated rings. The Kier molecular flexibility index (Phi) is 4.77. The standard InChI is InChI=1S/C12H24N2O3/c1-9-7-13-10(5-6-15)8-14(9)11(16)17-12(2,3)4/h9-10,13,15H,5-8H2,1-4H3/t9-,10-/m0/s1. The lowest BCUT2D eigenvalue weighted by Gasteiger charge is -2.39. The molecule has 0 bridgehead atoms. The Labute approximate surface area is 103 Å². The van der Waals surface area contributed by atoms with Crippen molar-refractivity contribution in [1.29, 1.82) is 0 Å². The van der Waals surface area contributed by atoms with Crippen molar-refractivity contribution in [1.82, 2.24) is 10.2 Å². The zero-order chi connectivity index (χ0) is 13.1. The van der Waals surface area contributed by atoms with Gasteiger partial charge in [0.2, 0.25) is 0 Å². The van der Waals surface area contributed by atoms with E-state index in [9.17, 15) is 4.79 Å². The molecule has 1 aliphatic rings. The number of hydrogen-bond acceptors (Lipinski definition) is 4. The summed E-state index contributed by atoms with van der Waals surface area (Å²) in [6.45, 7) is 9.05. The van der Waals surface area contributed by atoms with Gasteiger partial charge in [-0.25, -0.2) is 4.79 Å². The quantitative estimate of drug-likeness (QED) is 0.759. The van der Waals surface area contributed by atoms with Crippen molar-refractivity contribution in [3.8, 4) is 0 Å². The third-order valence-electron chi connectivity index (χ3n) is 2.76. The smallest absolute Gasteiger partial charge is 0.410 e. The van der Waals surface area contributed by atoms with Gasteiger partial charge in [0.05, 0.1) is 0 Å². The number of aliphatic hydroxyl groups excluding tert-OH is 1. The number of amides is 1. The summed E-state index contributed by atoms with van der Waals surface area (Å²) in [4.78, 5) is 13.7. The number of carbonyl (C=O) groups is 1. The summed E-state index contributed by atoms with van der Waals surface area (Å²) in [5.74, 6) is 0. The molecule has 0 unspecified atom stereocenters. The van der Waals surface area contributed by atoms with Gasteiger partial charge in [0.25, 0.3) is 0 Å². The van der Waals surface area contributed by atoms with Crippen LogP contribution in [0.4, 0.5) is 4.79 Å². The highest BCUT2D eigenvalue weighted by Gasteiger charge is 2.31. The van der Waals surface area contributed by atoms with E-state index >= 15 is 0 Å². The van der Waals surface area contributed by atoms with Crippen molar-refractivity contribution in [3.63, 3.8) is 0 Å². The Morgan fingerprint density at radius 2 is 2.18 bits per heavy atom. The molecule has 5 nitrogen and oxygen atoms in total. The Morgan fingerprint density at radius 1 is 1.53 bits per heavy atom. The van der Waals surface area contributed by atoms with E-state index in [4.69, 9.17) is 9.84 Å². The molecule has 0 aromatic rings. The Balaban J connectivity index is 2.57. The summed E-state index contributed by atoms with van der Waals surface area (Å²) < 4.78 is 5.37. The maximum atomic E-state index is 12.0. The first-order valence-electron chi connectivity index (χ1n) is 6.17. The zero-order valence-corrected chi connectivity index (χ0v) is 11.2. The van der Waals surface area contributed by atoms with Crippen molar-refractivity contribution in [2.45, 2.75) is 51.8 Å². The summed E-state index contributed by atoms with van der Waals surface area (Å²) in [7, 11) is 0. The molecule has 0 aliphatic carbocycles. The molecule has 0 radical (unpaired) electrons. The molecular formula is C12H24N2O3. The molecule has 1 rings (SSSR count). The number of aliphatic hydroxyl groups is 1. The second-order valence-electron chi connectivity index (χ2n) is 5.60. The second kappa shape index (κ2) is 5.69. The number of piperazine rings is 1. The number of nitrogens with one attached hydrogen (secondary N) is 1. The molecule has 17 heavy (non-hydrogen) atoms. The van der Waals surface area contributed by atoms with Crippen LogP contribution < -0.4 is 5.32 Å². The highest BCUT2D eigenvalue weighted by Crippen LogP contribution is 2.15. The highest BCUT2D eigenvalue weighted by atomic mass is 16.6. The van der Waals surface area contributed by atoms with E-state index in [1.807, 2.05) is 27.7 Å². The second-order valence-corrected chi connectivity index (χ2v) is 5.60. The number of carbonyl (C=O) groups excluding carboxylic acids is 1. The number of ether oxygens (including phenoxy) is 1. The molecule has 2 atom stereocenters. The first kappa shape index (κ1) is 14.3. The third-order valence-corrected chi connectivity index (χ3v) is 2.76. The van der Waals surface area contributed by atoms with Crippen LogP contribution in [0.2, 0.25) is 0 Å². The van der Waals surface area contributed by atoms with Crippen LogP contribution in [0.25, 0.3) is 0 Å². The lowest BCUT2D eigenvalue weighted by atomic mass is 10.1. The van der Waals surface area contributed by atoms with Gasteiger partial charge < -0.3 is 20.1 Å². The maximum Gasteiger partial charge on any atom is 0.410 e. The fourth-order valence-electron chi connectivity index (χ4n) is 1.85. The third kappa shape index (κ3) is 4.52. The first-order valence-corrected chi connectivity index (χ1v) is 6.17. The summed E-state index contributed by atoms with van der Waals surface area (Å²) in [6.07, 6.45) is 0.390. The number of rotatable bonds is 2. The fraction of sp³-hybridized carbons (Fsp3) is 0.917. The lowest BCUT2D eigenvalue weighted by Crippen LogP contribution is -2.58. The predicted octanol–water partition coefficient (Wildman–Crippen LogP) is 0.966. The minimum absolute atomic E-state index is 0.125. The van der Waals surface area contributed by atoms with Gasteiger partial charge in [0.1, 0.15) is 5.60 Å². The van der Waals surface area contributed by atoms with Crippen LogP contribution in [0.3, 0.4) is 0 Å². The van der Waals surface area contributed by atoms with E-state index in [-0.39, 0.29) is 24.8 Å². The minimum Gasteiger partial charge on any atom is -0.444 e. The van der Waals surface area contributed by atoms with Crippen LogP contribution >= 0.6 is 0 Å². The molecule has 1 aliphatic heterocycles. The Hall–Kier alpha value is -0.810. The van der Waals surface area contributed by atoms with Crippen LogP contribution in [0.15, 0.2) is 0 Å². The molecule has 2 N–H and O–H groups in total. The van der Waals surface area contributed by atoms with Crippen LogP contribution in [-0.4, -0.2) is 53.5 Å². The molecule has 0 spiro atoms. The Morgan fingerprint density at radius 3 is 2.71 bits per heavy atom. The molecule has 0 saturated carbocycles. The molecule has 1 saturated heterocycles. The molecule has 0 aromatic heterocycles. The van der Waals surface area contributed by atoms with Gasteiger partial charge in [-0.15, -0.1) is 0 Å². The van der Waals surface area contributed by atoms with Gasteiger partial charge in [-0.3, -0.25) is 0 Å². The van der Waals surface area contributed by atoms with Gasteiger partial charge in [-0.1, -0.05) is 0 Å². The zero-order valence-electron chi connectivity index (χ0n) is 11.2. The summed E-state index contributed by atoms with van der Waals surface area (Å²) >= 11 is 0. The topological polar surface area (TPSA) is 61.8 Å². The van der Waals surface area contributed by atoms with Crippen molar-refractivity contribution in [2.24, 2.45) is 0 Å². The van der Waals surface area contributed by atoms with E-state index in [1.165, 1.54) is 0 Å². The predicted molar refractivity (Wildman–Crippen MR) is 65.9 cm³/mol. The summed E-state index contributed by atoms with van der Waals surface area (Å²) in [6, 6.07) is 0.281. The largest absolute Gasteiger partial charge is 0.444 e. The number of nitrogens with zero attached hydrogens (tertiary/aromatic N) is 1. The van der Waals surface area contributed by atoms with Crippen molar-refractivity contribution < 1.29 is 14.6 Å². The van der Waals surface area contributed by atoms with Gasteiger partial charge in [0.15, 0.2) is 0 Å². The van der Waals surface area contributed by atoms with E-state index in [1.54, 1.807) is 4.90 Å². The van der Waals surface area contributed by atoms with E-state index in [2.05, 4.69) is 5.32 Å². The fourth-order valence-corrected chi connectivity index (χ4v) is 1.85. The van der Waals surface area contributed by atoms with Gasteiger partial charge in [-0.2, -0.15) is 0 Å². The van der Waals surface area contributed by atoms with Gasteiger partial charge >= 0.3 is 6.09 Å². The summed E-state index contributed by atoms with van der Waals surface area (Å²) in [5, 5.41) is 12.2. The van der Waals surface area contributed by atoms with Crippen LogP contribution in [0.1, 0.15) is 34.1 Å². The van der Waals surface area contributed by atoms with Crippen LogP contribution in [0, 0.1) is 0 Å². The molecule has 1 amide bonds. The van der Waals surface area contributed by atoms with Crippen molar-refractivity contribution in [3.05, 3.63) is 0 Å². The van der Waals surface area contributed by atoms with E-state index in [0.717, 1.165) is 6.54 Å². The van der Waals surface area contributed by atoms with E-state index < -0.39 is 5.60 Å². The summed E-state index contributed by atoms with van der Waals surface area (Å²) in [5.41, 5.74) is -0.464. The van der Waals surface area contributed by atoms with Crippen LogP contribution in [-0.2, 0) is 4.74 Å². The molecular weight excluding hydrogens is 220 g/mol. The van der Waals surface area contributed by atoms with Crippen LogP contribution in [0.5, 0.6) is 0 Å². The lowest BCUT2D eigenvalue weighted by molar-refractivity contribution is 0.00851. The van der Waals surface area contributed by atoms with Gasteiger partial charge in [0, 0.05) is 31.8 Å². The average Bonchev–Trinajstić information content (AvgIpc) is 2.18. The number of hydrogen-bond donors (Lipinski definition) is 2. The highest BCUT2D eigenvalue weighted by molar-refractivity contribution is 5.68. The molecule has 100 valence electrons. The molecule has 5 heteroatoms.